The lowest BCUT2D eigenvalue weighted by Crippen LogP contribution is -2.23. The molecule has 0 saturated heterocycles. The highest BCUT2D eigenvalue weighted by molar-refractivity contribution is 9.10. The summed E-state index contributed by atoms with van der Waals surface area (Å²) in [4.78, 5) is 25.4. The van der Waals surface area contributed by atoms with E-state index in [1.165, 1.54) is 17.4 Å². The summed E-state index contributed by atoms with van der Waals surface area (Å²) < 4.78 is 14.3. The van der Waals surface area contributed by atoms with Crippen molar-refractivity contribution in [2.24, 2.45) is 0 Å². The molecule has 0 unspecified atom stereocenters. The maximum atomic E-state index is 13.5. The Morgan fingerprint density at radius 1 is 1.23 bits per heavy atom. The predicted octanol–water partition coefficient (Wildman–Crippen LogP) is 4.24. The molecule has 3 nitrogen and oxygen atoms in total. The minimum Gasteiger partial charge on any atom is -0.352 e. The molecule has 0 aliphatic heterocycles. The third kappa shape index (κ3) is 4.74. The van der Waals surface area contributed by atoms with Gasteiger partial charge in [0.2, 0.25) is 5.91 Å². The molecule has 0 spiro atoms. The van der Waals surface area contributed by atoms with Crippen molar-refractivity contribution in [2.75, 3.05) is 0 Å². The van der Waals surface area contributed by atoms with E-state index in [1.54, 1.807) is 18.2 Å². The number of hydrogen-bond acceptors (Lipinski definition) is 3. The van der Waals surface area contributed by atoms with Gasteiger partial charge in [0.25, 0.3) is 0 Å². The maximum Gasteiger partial charge on any atom is 0.220 e. The number of Topliss-reactive ketones (excluding diaryl/α,β-unsaturated/α-hetero) is 1. The highest BCUT2D eigenvalue weighted by Gasteiger charge is 2.11. The van der Waals surface area contributed by atoms with Crippen LogP contribution in [0.15, 0.2) is 34.8 Å². The first kappa shape index (κ1) is 16.8. The second-order valence-electron chi connectivity index (χ2n) is 4.85. The molecule has 0 radical (unpaired) electrons. The van der Waals surface area contributed by atoms with Gasteiger partial charge in [-0.05, 0) is 37.3 Å². The van der Waals surface area contributed by atoms with Gasteiger partial charge in [0.1, 0.15) is 5.82 Å². The Morgan fingerprint density at radius 3 is 2.68 bits per heavy atom. The van der Waals surface area contributed by atoms with E-state index >= 15 is 0 Å². The fraction of sp³-hybridized carbons (Fsp3) is 0.250. The van der Waals surface area contributed by atoms with Crippen molar-refractivity contribution >= 4 is 39.0 Å². The third-order valence-corrected chi connectivity index (χ3v) is 4.61. The summed E-state index contributed by atoms with van der Waals surface area (Å²) in [6.45, 7) is 2.04. The van der Waals surface area contributed by atoms with Crippen LogP contribution < -0.4 is 5.32 Å². The van der Waals surface area contributed by atoms with Gasteiger partial charge in [-0.1, -0.05) is 15.9 Å². The van der Waals surface area contributed by atoms with Crippen LogP contribution in [0, 0.1) is 12.7 Å². The van der Waals surface area contributed by atoms with E-state index in [0.29, 0.717) is 10.4 Å². The molecule has 1 amide bonds. The molecule has 0 aliphatic rings. The predicted molar refractivity (Wildman–Crippen MR) is 88.6 cm³/mol. The average Bonchev–Trinajstić information content (AvgIpc) is 2.92. The fourth-order valence-electron chi connectivity index (χ4n) is 1.90. The monoisotopic (exact) mass is 383 g/mol. The molecule has 0 fully saturated rings. The summed E-state index contributed by atoms with van der Waals surface area (Å²) in [6.07, 6.45) is 0.262. The van der Waals surface area contributed by atoms with Crippen LogP contribution in [0.25, 0.3) is 0 Å². The van der Waals surface area contributed by atoms with E-state index in [4.69, 9.17) is 0 Å². The number of halogens is 2. The maximum absolute atomic E-state index is 13.5. The van der Waals surface area contributed by atoms with E-state index < -0.39 is 0 Å². The number of aryl methyl sites for hydroxylation is 1. The van der Waals surface area contributed by atoms with Crippen molar-refractivity contribution in [1.82, 2.24) is 5.32 Å². The van der Waals surface area contributed by atoms with Crippen molar-refractivity contribution < 1.29 is 14.0 Å². The highest BCUT2D eigenvalue weighted by atomic mass is 79.9. The molecule has 1 heterocycles. The molecule has 22 heavy (non-hydrogen) atoms. The SMILES string of the molecule is Cc1ccc(C(=O)CCC(=O)NCc2cc(Br)ccc2F)s1. The minimum atomic E-state index is -0.367. The number of ketones is 1. The molecular weight excluding hydrogens is 369 g/mol. The zero-order valence-corrected chi connectivity index (χ0v) is 14.4. The third-order valence-electron chi connectivity index (χ3n) is 3.08. The number of thiophene rings is 1. The molecule has 6 heteroatoms. The zero-order valence-electron chi connectivity index (χ0n) is 12.0. The Balaban J connectivity index is 1.81. The van der Waals surface area contributed by atoms with E-state index in [9.17, 15) is 14.0 Å². The van der Waals surface area contributed by atoms with E-state index in [2.05, 4.69) is 21.2 Å². The Labute approximate surface area is 140 Å². The Morgan fingerprint density at radius 2 is 2.00 bits per heavy atom. The summed E-state index contributed by atoms with van der Waals surface area (Å²) in [5.74, 6) is -0.670. The van der Waals surface area contributed by atoms with E-state index in [1.807, 2.05) is 13.0 Å². The largest absolute Gasteiger partial charge is 0.352 e. The van der Waals surface area contributed by atoms with E-state index in [-0.39, 0.29) is 36.9 Å². The van der Waals surface area contributed by atoms with Crippen LogP contribution in [0.4, 0.5) is 4.39 Å². The number of amides is 1. The molecule has 1 aromatic heterocycles. The lowest BCUT2D eigenvalue weighted by molar-refractivity contribution is -0.121. The summed E-state index contributed by atoms with van der Waals surface area (Å²) in [7, 11) is 0. The van der Waals surface area contributed by atoms with Gasteiger partial charge in [0.05, 0.1) is 4.88 Å². The molecule has 116 valence electrons. The molecule has 0 atom stereocenters. The van der Waals surface area contributed by atoms with Crippen LogP contribution >= 0.6 is 27.3 Å². The standard InChI is InChI=1S/C16H15BrFNO2S/c1-10-2-6-15(22-10)14(20)5-7-16(21)19-9-11-8-12(17)3-4-13(11)18/h2-4,6,8H,5,7,9H2,1H3,(H,19,21). The van der Waals surface area contributed by atoms with Crippen molar-refractivity contribution in [3.63, 3.8) is 0 Å². The normalized spacial score (nSPS) is 10.5. The lowest BCUT2D eigenvalue weighted by atomic mass is 10.1. The van der Waals surface area contributed by atoms with Gasteiger partial charge < -0.3 is 5.32 Å². The summed E-state index contributed by atoms with van der Waals surface area (Å²) >= 11 is 4.68. The van der Waals surface area contributed by atoms with Gasteiger partial charge in [-0.3, -0.25) is 9.59 Å². The van der Waals surface area contributed by atoms with Gasteiger partial charge >= 0.3 is 0 Å². The van der Waals surface area contributed by atoms with Crippen LogP contribution in [0.1, 0.15) is 33.0 Å². The lowest BCUT2D eigenvalue weighted by Gasteiger charge is -2.06. The molecule has 1 N–H and O–H groups in total. The number of carbonyl (C=O) groups is 2. The second kappa shape index (κ2) is 7.65. The van der Waals surface area contributed by atoms with Gasteiger partial charge in [-0.2, -0.15) is 0 Å². The van der Waals surface area contributed by atoms with Crippen molar-refractivity contribution in [3.05, 3.63) is 55.9 Å². The minimum absolute atomic E-state index is 0.0399. The molecule has 0 saturated carbocycles. The number of nitrogens with one attached hydrogen (secondary N) is 1. The first-order valence-electron chi connectivity index (χ1n) is 6.76. The topological polar surface area (TPSA) is 46.2 Å². The molecular formula is C16H15BrFNO2S. The average molecular weight is 384 g/mol. The van der Waals surface area contributed by atoms with Gasteiger partial charge in [0.15, 0.2) is 5.78 Å². The Bertz CT molecular complexity index is 699. The molecule has 0 bridgehead atoms. The second-order valence-corrected chi connectivity index (χ2v) is 7.05. The van der Waals surface area contributed by atoms with E-state index in [0.717, 1.165) is 9.35 Å². The first-order chi connectivity index (χ1) is 10.5. The van der Waals surface area contributed by atoms with Crippen molar-refractivity contribution in [1.29, 1.82) is 0 Å². The van der Waals surface area contributed by atoms with Gasteiger partial charge in [-0.25, -0.2) is 4.39 Å². The first-order valence-corrected chi connectivity index (χ1v) is 8.37. The zero-order chi connectivity index (χ0) is 16.1. The fourth-order valence-corrected chi connectivity index (χ4v) is 3.14. The summed E-state index contributed by atoms with van der Waals surface area (Å²) in [6, 6.07) is 8.22. The number of hydrogen-bond donors (Lipinski definition) is 1. The smallest absolute Gasteiger partial charge is 0.220 e. The van der Waals surface area contributed by atoms with Crippen LogP contribution in [-0.2, 0) is 11.3 Å². The molecule has 0 aliphatic carbocycles. The van der Waals surface area contributed by atoms with Crippen molar-refractivity contribution in [3.8, 4) is 0 Å². The van der Waals surface area contributed by atoms with Crippen LogP contribution in [0.5, 0.6) is 0 Å². The number of benzene rings is 1. The highest BCUT2D eigenvalue weighted by Crippen LogP contribution is 2.18. The Hall–Kier alpha value is -1.53. The van der Waals surface area contributed by atoms with Crippen LogP contribution in [0.2, 0.25) is 0 Å². The van der Waals surface area contributed by atoms with Crippen LogP contribution in [-0.4, -0.2) is 11.7 Å². The molecule has 2 aromatic rings. The number of carbonyl (C=O) groups excluding carboxylic acids is 2. The van der Waals surface area contributed by atoms with Gasteiger partial charge in [0, 0.05) is 34.3 Å². The quantitative estimate of drug-likeness (QED) is 0.758. The number of rotatable bonds is 6. The van der Waals surface area contributed by atoms with Crippen LogP contribution in [0.3, 0.4) is 0 Å². The summed E-state index contributed by atoms with van der Waals surface area (Å²) in [5, 5.41) is 2.63. The molecule has 2 rings (SSSR count). The Kier molecular flexibility index (Phi) is 5.85. The van der Waals surface area contributed by atoms with Crippen molar-refractivity contribution in [2.45, 2.75) is 26.3 Å². The summed E-state index contributed by atoms with van der Waals surface area (Å²) in [5.41, 5.74) is 0.405. The molecule has 1 aromatic carbocycles. The van der Waals surface area contributed by atoms with Gasteiger partial charge in [-0.15, -0.1) is 11.3 Å².